The normalized spacial score (nSPS) is 15.9. The molecule has 1 aliphatic heterocycles. The van der Waals surface area contributed by atoms with Crippen LogP contribution in [-0.2, 0) is 11.3 Å². The second-order valence-corrected chi connectivity index (χ2v) is 11.1. The number of nitrogens with one attached hydrogen (secondary N) is 3. The van der Waals surface area contributed by atoms with E-state index in [-0.39, 0.29) is 12.0 Å². The van der Waals surface area contributed by atoms with Gasteiger partial charge in [0.2, 0.25) is 5.95 Å². The summed E-state index contributed by atoms with van der Waals surface area (Å²) in [6.07, 6.45) is 4.38. The van der Waals surface area contributed by atoms with Crippen molar-refractivity contribution in [2.75, 3.05) is 25.0 Å². The van der Waals surface area contributed by atoms with Crippen molar-refractivity contribution in [3.8, 4) is 0 Å². The molecule has 9 nitrogen and oxygen atoms in total. The minimum atomic E-state index is -0.506. The minimum absolute atomic E-state index is 0.158. The molecule has 1 aliphatic rings. The van der Waals surface area contributed by atoms with Gasteiger partial charge in [0.25, 0.3) is 5.91 Å². The third-order valence-corrected chi connectivity index (χ3v) is 6.89. The molecule has 9 heteroatoms. The number of hydrogen-bond donors (Lipinski definition) is 3. The molecular formula is C30H36N6O3. The maximum atomic E-state index is 13.1. The Balaban J connectivity index is 1.16. The lowest BCUT2D eigenvalue weighted by Gasteiger charge is -2.34. The number of piperidine rings is 1. The molecular weight excluding hydrogens is 492 g/mol. The number of anilines is 1. The van der Waals surface area contributed by atoms with Gasteiger partial charge in [0.05, 0.1) is 23.3 Å². The number of nitrogens with zero attached hydrogens (tertiary/aromatic N) is 3. The summed E-state index contributed by atoms with van der Waals surface area (Å²) in [7, 11) is 0. The number of carbonyl (C=O) groups excluding carboxylic acids is 2. The summed E-state index contributed by atoms with van der Waals surface area (Å²) in [5.74, 6) is 0.756. The van der Waals surface area contributed by atoms with E-state index in [2.05, 4.69) is 37.7 Å². The first-order valence-corrected chi connectivity index (χ1v) is 13.6. The molecule has 0 saturated carbocycles. The zero-order valence-corrected chi connectivity index (χ0v) is 22.8. The lowest BCUT2D eigenvalue weighted by molar-refractivity contribution is 0.0161. The molecule has 2 aromatic carbocycles. The van der Waals surface area contributed by atoms with Crippen LogP contribution < -0.4 is 10.6 Å². The highest BCUT2D eigenvalue weighted by Gasteiger charge is 2.27. The van der Waals surface area contributed by atoms with Gasteiger partial charge in [0.1, 0.15) is 11.1 Å². The number of pyridine rings is 1. The highest BCUT2D eigenvalue weighted by atomic mass is 16.6. The Bertz CT molecular complexity index is 1470. The van der Waals surface area contributed by atoms with Crippen molar-refractivity contribution in [3.05, 3.63) is 66.0 Å². The van der Waals surface area contributed by atoms with E-state index in [4.69, 9.17) is 4.74 Å². The summed E-state index contributed by atoms with van der Waals surface area (Å²) in [4.78, 5) is 39.7. The smallest absolute Gasteiger partial charge is 0.410 e. The molecule has 0 aliphatic carbocycles. The van der Waals surface area contributed by atoms with Gasteiger partial charge >= 0.3 is 6.09 Å². The van der Waals surface area contributed by atoms with Gasteiger partial charge in [-0.3, -0.25) is 9.78 Å². The number of amides is 2. The molecule has 2 aromatic heterocycles. The number of carbonyl (C=O) groups is 2. The van der Waals surface area contributed by atoms with Gasteiger partial charge < -0.3 is 25.3 Å². The van der Waals surface area contributed by atoms with E-state index >= 15 is 0 Å². The highest BCUT2D eigenvalue weighted by Crippen LogP contribution is 2.23. The summed E-state index contributed by atoms with van der Waals surface area (Å²) in [5.41, 5.74) is 2.34. The topological polar surface area (TPSA) is 112 Å². The second kappa shape index (κ2) is 11.3. The number of para-hydroxylation sites is 1. The van der Waals surface area contributed by atoms with Crippen molar-refractivity contribution >= 4 is 39.8 Å². The Morgan fingerprint density at radius 2 is 1.95 bits per heavy atom. The maximum absolute atomic E-state index is 13.1. The third kappa shape index (κ3) is 6.66. The number of H-pyrrole nitrogens is 1. The average Bonchev–Trinajstić information content (AvgIpc) is 3.34. The van der Waals surface area contributed by atoms with Crippen LogP contribution in [-0.4, -0.2) is 57.1 Å². The molecule has 0 bridgehead atoms. The van der Waals surface area contributed by atoms with E-state index in [9.17, 15) is 9.59 Å². The van der Waals surface area contributed by atoms with E-state index < -0.39 is 5.60 Å². The van der Waals surface area contributed by atoms with Crippen LogP contribution in [0.25, 0.3) is 21.8 Å². The van der Waals surface area contributed by atoms with Crippen molar-refractivity contribution < 1.29 is 14.3 Å². The minimum Gasteiger partial charge on any atom is -0.444 e. The molecule has 2 amide bonds. The van der Waals surface area contributed by atoms with Gasteiger partial charge in [-0.05, 0) is 69.5 Å². The lowest BCUT2D eigenvalue weighted by atomic mass is 9.95. The first-order valence-electron chi connectivity index (χ1n) is 13.6. The number of aromatic nitrogens is 3. The van der Waals surface area contributed by atoms with Crippen LogP contribution in [0.4, 0.5) is 10.7 Å². The number of aromatic amines is 1. The van der Waals surface area contributed by atoms with Crippen molar-refractivity contribution in [3.63, 3.8) is 0 Å². The largest absolute Gasteiger partial charge is 0.444 e. The number of fused-ring (bicyclic) bond motifs is 2. The fourth-order valence-electron chi connectivity index (χ4n) is 4.98. The number of ether oxygens (including phenoxy) is 1. The Hall–Kier alpha value is -4.14. The van der Waals surface area contributed by atoms with Gasteiger partial charge in [-0.2, -0.15) is 0 Å². The van der Waals surface area contributed by atoms with Gasteiger partial charge in [-0.25, -0.2) is 9.78 Å². The summed E-state index contributed by atoms with van der Waals surface area (Å²) in [6.45, 7) is 8.04. The van der Waals surface area contributed by atoms with Crippen LogP contribution in [0.2, 0.25) is 0 Å². The summed E-state index contributed by atoms with van der Waals surface area (Å²) in [6, 6.07) is 15.7. The van der Waals surface area contributed by atoms with E-state index in [0.29, 0.717) is 49.1 Å². The summed E-state index contributed by atoms with van der Waals surface area (Å²) in [5, 5.41) is 8.58. The lowest BCUT2D eigenvalue weighted by Crippen LogP contribution is -2.43. The molecule has 1 saturated heterocycles. The SMILES string of the molecule is CC(C)(C)OC(=O)N1CCCC(CCNC(=O)c2cccc3[nH]c(NCc4cc5ccccc5cn4)nc23)C1. The fraction of sp³-hybridized carbons (Fsp3) is 0.400. The number of rotatable bonds is 7. The predicted molar refractivity (Wildman–Crippen MR) is 153 cm³/mol. The molecule has 0 radical (unpaired) electrons. The maximum Gasteiger partial charge on any atom is 0.410 e. The monoisotopic (exact) mass is 528 g/mol. The molecule has 5 rings (SSSR count). The number of imidazole rings is 1. The van der Waals surface area contributed by atoms with Gasteiger partial charge in [0.15, 0.2) is 0 Å². The molecule has 39 heavy (non-hydrogen) atoms. The van der Waals surface area contributed by atoms with E-state index in [1.807, 2.05) is 57.3 Å². The fourth-order valence-corrected chi connectivity index (χ4v) is 4.98. The Labute approximate surface area is 228 Å². The second-order valence-electron chi connectivity index (χ2n) is 11.1. The predicted octanol–water partition coefficient (Wildman–Crippen LogP) is 5.49. The van der Waals surface area contributed by atoms with Crippen molar-refractivity contribution in [2.45, 2.75) is 52.2 Å². The zero-order chi connectivity index (χ0) is 27.4. The summed E-state index contributed by atoms with van der Waals surface area (Å²) < 4.78 is 5.53. The molecule has 1 fully saturated rings. The van der Waals surface area contributed by atoms with Crippen molar-refractivity contribution in [2.24, 2.45) is 5.92 Å². The molecule has 0 spiro atoms. The van der Waals surface area contributed by atoms with Crippen molar-refractivity contribution in [1.82, 2.24) is 25.2 Å². The van der Waals surface area contributed by atoms with Crippen LogP contribution >= 0.6 is 0 Å². The molecule has 3 heterocycles. The Morgan fingerprint density at radius 1 is 1.13 bits per heavy atom. The standard InChI is InChI=1S/C30H36N6O3/c1-30(2,3)39-29(38)36-15-7-8-20(19-36)13-14-31-27(37)24-11-6-12-25-26(24)35-28(34-25)33-18-23-16-21-9-4-5-10-22(21)17-32-23/h4-6,9-12,16-17,20H,7-8,13-15,18-19H2,1-3H3,(H,31,37)(H2,33,34,35). The number of hydrogen-bond acceptors (Lipinski definition) is 6. The number of benzene rings is 2. The first-order chi connectivity index (χ1) is 18.7. The number of likely N-dealkylation sites (tertiary alicyclic amines) is 1. The van der Waals surface area contributed by atoms with E-state index in [1.165, 1.54) is 0 Å². The van der Waals surface area contributed by atoms with Gasteiger partial charge in [0, 0.05) is 31.2 Å². The summed E-state index contributed by atoms with van der Waals surface area (Å²) >= 11 is 0. The average molecular weight is 529 g/mol. The van der Waals surface area contributed by atoms with Gasteiger partial charge in [-0.1, -0.05) is 30.3 Å². The molecule has 1 unspecified atom stereocenters. The third-order valence-electron chi connectivity index (χ3n) is 6.89. The highest BCUT2D eigenvalue weighted by molar-refractivity contribution is 6.05. The first kappa shape index (κ1) is 26.5. The van der Waals surface area contributed by atoms with Crippen LogP contribution in [0.1, 0.15) is 56.1 Å². The quantitative estimate of drug-likeness (QED) is 0.292. The van der Waals surface area contributed by atoms with Crippen molar-refractivity contribution in [1.29, 1.82) is 0 Å². The molecule has 1 atom stereocenters. The van der Waals surface area contributed by atoms with Gasteiger partial charge in [-0.15, -0.1) is 0 Å². The van der Waals surface area contributed by atoms with Crippen LogP contribution in [0, 0.1) is 5.92 Å². The Kier molecular flexibility index (Phi) is 7.67. The zero-order valence-electron chi connectivity index (χ0n) is 22.8. The van der Waals surface area contributed by atoms with Crippen LogP contribution in [0.5, 0.6) is 0 Å². The molecule has 4 aromatic rings. The Morgan fingerprint density at radius 3 is 2.77 bits per heavy atom. The molecule has 3 N–H and O–H groups in total. The molecule has 204 valence electrons. The van der Waals surface area contributed by atoms with E-state index in [1.54, 1.807) is 11.0 Å². The van der Waals surface area contributed by atoms with Crippen LogP contribution in [0.15, 0.2) is 54.7 Å². The van der Waals surface area contributed by atoms with Crippen LogP contribution in [0.3, 0.4) is 0 Å². The van der Waals surface area contributed by atoms with E-state index in [0.717, 1.165) is 41.2 Å².